The molecule has 0 heteroatoms. The standard InChI is InChI=1S/C12H18.C2H6/c1-4-7-11(6-3)12(8-5-2)9-10-12;1-2/h4,6-7H,1,3,5,8-10H2,2H3;1-2H3/b11-7+;. The second-order valence-electron chi connectivity index (χ2n) is 3.59. The third-order valence-electron chi connectivity index (χ3n) is 2.71. The van der Waals surface area contributed by atoms with Crippen molar-refractivity contribution in [3.8, 4) is 0 Å². The van der Waals surface area contributed by atoms with Crippen LogP contribution in [0.3, 0.4) is 0 Å². The summed E-state index contributed by atoms with van der Waals surface area (Å²) >= 11 is 0. The Balaban J connectivity index is 0.000000791. The lowest BCUT2D eigenvalue weighted by Crippen LogP contribution is -2.01. The maximum Gasteiger partial charge on any atom is -0.00466 e. The van der Waals surface area contributed by atoms with E-state index in [1.165, 1.54) is 31.3 Å². The van der Waals surface area contributed by atoms with Gasteiger partial charge in [-0.3, -0.25) is 0 Å². The van der Waals surface area contributed by atoms with Crippen LogP contribution in [0, 0.1) is 5.41 Å². The summed E-state index contributed by atoms with van der Waals surface area (Å²) in [6.45, 7) is 13.8. The zero-order valence-electron chi connectivity index (χ0n) is 9.97. The molecule has 0 bridgehead atoms. The van der Waals surface area contributed by atoms with Gasteiger partial charge in [0.05, 0.1) is 0 Å². The lowest BCUT2D eigenvalue weighted by molar-refractivity contribution is 0.550. The molecule has 0 N–H and O–H groups in total. The lowest BCUT2D eigenvalue weighted by atomic mass is 9.90. The van der Waals surface area contributed by atoms with Crippen LogP contribution in [0.2, 0.25) is 0 Å². The van der Waals surface area contributed by atoms with Crippen LogP contribution in [0.25, 0.3) is 0 Å². The van der Waals surface area contributed by atoms with Gasteiger partial charge in [-0.15, -0.1) is 0 Å². The van der Waals surface area contributed by atoms with Gasteiger partial charge < -0.3 is 0 Å². The van der Waals surface area contributed by atoms with Gasteiger partial charge in [-0.25, -0.2) is 0 Å². The van der Waals surface area contributed by atoms with E-state index in [9.17, 15) is 0 Å². The molecule has 0 aromatic rings. The highest BCUT2D eigenvalue weighted by molar-refractivity contribution is 5.33. The third kappa shape index (κ3) is 3.17. The van der Waals surface area contributed by atoms with Gasteiger partial charge in [-0.1, -0.05) is 58.6 Å². The first-order valence-electron chi connectivity index (χ1n) is 5.74. The normalized spacial score (nSPS) is 17.8. The van der Waals surface area contributed by atoms with Gasteiger partial charge in [0.1, 0.15) is 0 Å². The Hall–Kier alpha value is -0.780. The molecule has 1 aliphatic rings. The molecule has 1 saturated carbocycles. The molecule has 0 nitrogen and oxygen atoms in total. The summed E-state index contributed by atoms with van der Waals surface area (Å²) in [5, 5.41) is 0. The van der Waals surface area contributed by atoms with E-state index in [-0.39, 0.29) is 0 Å². The summed E-state index contributed by atoms with van der Waals surface area (Å²) in [4.78, 5) is 0. The third-order valence-corrected chi connectivity index (χ3v) is 2.71. The SMILES string of the molecule is C=C/C=C(\C=C)C1(CCC)CC1.CC. The van der Waals surface area contributed by atoms with Crippen molar-refractivity contribution in [3.05, 3.63) is 37.0 Å². The average molecular weight is 192 g/mol. The van der Waals surface area contributed by atoms with Crippen LogP contribution in [0.1, 0.15) is 46.5 Å². The first kappa shape index (κ1) is 13.2. The van der Waals surface area contributed by atoms with E-state index < -0.39 is 0 Å². The first-order valence-corrected chi connectivity index (χ1v) is 5.74. The van der Waals surface area contributed by atoms with E-state index in [0.717, 1.165) is 0 Å². The van der Waals surface area contributed by atoms with Crippen LogP contribution in [-0.2, 0) is 0 Å². The molecule has 0 unspecified atom stereocenters. The first-order chi connectivity index (χ1) is 6.79. The maximum atomic E-state index is 3.85. The van der Waals surface area contributed by atoms with Gasteiger partial charge in [0.2, 0.25) is 0 Å². The fraction of sp³-hybridized carbons (Fsp3) is 0.571. The number of rotatable bonds is 5. The zero-order valence-corrected chi connectivity index (χ0v) is 9.97. The van der Waals surface area contributed by atoms with Crippen LogP contribution in [0.4, 0.5) is 0 Å². The van der Waals surface area contributed by atoms with Crippen LogP contribution in [0.5, 0.6) is 0 Å². The second kappa shape index (κ2) is 6.64. The fourth-order valence-electron chi connectivity index (χ4n) is 1.90. The molecule has 0 spiro atoms. The predicted molar refractivity (Wildman–Crippen MR) is 66.4 cm³/mol. The van der Waals surface area contributed by atoms with Crippen LogP contribution in [-0.4, -0.2) is 0 Å². The monoisotopic (exact) mass is 192 g/mol. The highest BCUT2D eigenvalue weighted by atomic mass is 14.5. The molecule has 0 atom stereocenters. The molecular formula is C14H24. The Morgan fingerprint density at radius 1 is 1.29 bits per heavy atom. The zero-order chi connectivity index (χ0) is 11.0. The Morgan fingerprint density at radius 3 is 2.14 bits per heavy atom. The van der Waals surface area contributed by atoms with E-state index in [1.807, 2.05) is 26.0 Å². The van der Waals surface area contributed by atoms with Crippen molar-refractivity contribution in [1.82, 2.24) is 0 Å². The molecule has 0 aliphatic heterocycles. The Morgan fingerprint density at radius 2 is 1.86 bits per heavy atom. The Bertz CT molecular complexity index is 204. The largest absolute Gasteiger partial charge is 0.0991 e. The summed E-state index contributed by atoms with van der Waals surface area (Å²) < 4.78 is 0. The number of hydrogen-bond acceptors (Lipinski definition) is 0. The molecule has 0 radical (unpaired) electrons. The van der Waals surface area contributed by atoms with Crippen LogP contribution in [0.15, 0.2) is 37.0 Å². The fourth-order valence-corrected chi connectivity index (χ4v) is 1.90. The number of allylic oxidation sites excluding steroid dienone is 4. The van der Waals surface area contributed by atoms with E-state index in [4.69, 9.17) is 0 Å². The highest BCUT2D eigenvalue weighted by Crippen LogP contribution is 2.55. The molecule has 0 saturated heterocycles. The van der Waals surface area contributed by atoms with Gasteiger partial charge in [0.15, 0.2) is 0 Å². The summed E-state index contributed by atoms with van der Waals surface area (Å²) in [6.07, 6.45) is 11.2. The quantitative estimate of drug-likeness (QED) is 0.544. The maximum absolute atomic E-state index is 3.85. The average Bonchev–Trinajstić information content (AvgIpc) is 2.99. The number of hydrogen-bond donors (Lipinski definition) is 0. The van der Waals surface area contributed by atoms with Gasteiger partial charge >= 0.3 is 0 Å². The van der Waals surface area contributed by atoms with Crippen molar-refractivity contribution in [2.45, 2.75) is 46.5 Å². The van der Waals surface area contributed by atoms with Crippen molar-refractivity contribution in [1.29, 1.82) is 0 Å². The van der Waals surface area contributed by atoms with Crippen LogP contribution >= 0.6 is 0 Å². The summed E-state index contributed by atoms with van der Waals surface area (Å²) in [7, 11) is 0. The lowest BCUT2D eigenvalue weighted by Gasteiger charge is -2.14. The van der Waals surface area contributed by atoms with E-state index in [2.05, 4.69) is 26.2 Å². The molecular weight excluding hydrogens is 168 g/mol. The summed E-state index contributed by atoms with van der Waals surface area (Å²) in [5.41, 5.74) is 1.88. The minimum absolute atomic E-state index is 0.491. The molecule has 1 fully saturated rings. The van der Waals surface area contributed by atoms with Gasteiger partial charge in [-0.2, -0.15) is 0 Å². The van der Waals surface area contributed by atoms with Crippen molar-refractivity contribution >= 4 is 0 Å². The van der Waals surface area contributed by atoms with Crippen molar-refractivity contribution < 1.29 is 0 Å². The minimum atomic E-state index is 0.491. The van der Waals surface area contributed by atoms with E-state index in [1.54, 1.807) is 0 Å². The van der Waals surface area contributed by atoms with Gasteiger partial charge in [-0.05, 0) is 30.3 Å². The molecule has 1 aliphatic carbocycles. The molecule has 0 aromatic carbocycles. The topological polar surface area (TPSA) is 0 Å². The molecule has 80 valence electrons. The predicted octanol–water partition coefficient (Wildman–Crippen LogP) is 4.89. The highest BCUT2D eigenvalue weighted by Gasteiger charge is 2.43. The van der Waals surface area contributed by atoms with Crippen molar-refractivity contribution in [2.24, 2.45) is 5.41 Å². The molecule has 0 amide bonds. The van der Waals surface area contributed by atoms with Crippen molar-refractivity contribution in [2.75, 3.05) is 0 Å². The van der Waals surface area contributed by atoms with Crippen molar-refractivity contribution in [3.63, 3.8) is 0 Å². The minimum Gasteiger partial charge on any atom is -0.0991 e. The summed E-state index contributed by atoms with van der Waals surface area (Å²) in [6, 6.07) is 0. The molecule has 1 rings (SSSR count). The van der Waals surface area contributed by atoms with E-state index >= 15 is 0 Å². The van der Waals surface area contributed by atoms with Gasteiger partial charge in [0.25, 0.3) is 0 Å². The van der Waals surface area contributed by atoms with Crippen LogP contribution < -0.4 is 0 Å². The second-order valence-corrected chi connectivity index (χ2v) is 3.59. The smallest absolute Gasteiger partial charge is 0.00466 e. The Kier molecular flexibility index (Phi) is 6.27. The van der Waals surface area contributed by atoms with Gasteiger partial charge in [0, 0.05) is 0 Å². The molecule has 0 heterocycles. The molecule has 0 aromatic heterocycles. The Labute approximate surface area is 89.4 Å². The molecule has 14 heavy (non-hydrogen) atoms. The van der Waals surface area contributed by atoms with E-state index in [0.29, 0.717) is 5.41 Å². The summed E-state index contributed by atoms with van der Waals surface area (Å²) in [5.74, 6) is 0.